The van der Waals surface area contributed by atoms with E-state index in [1.54, 1.807) is 24.5 Å². The van der Waals surface area contributed by atoms with Crippen LogP contribution >= 0.6 is 0 Å². The summed E-state index contributed by atoms with van der Waals surface area (Å²) in [5, 5.41) is 0. The highest BCUT2D eigenvalue weighted by molar-refractivity contribution is 5.94. The summed E-state index contributed by atoms with van der Waals surface area (Å²) in [6.45, 7) is 2.83. The molecule has 2 aromatic heterocycles. The Balaban J connectivity index is 1.41. The molecule has 0 bridgehead atoms. The topological polar surface area (TPSA) is 53.7 Å². The molecule has 6 nitrogen and oxygen atoms in total. The van der Waals surface area contributed by atoms with Gasteiger partial charge in [-0.2, -0.15) is 0 Å². The predicted molar refractivity (Wildman–Crippen MR) is 122 cm³/mol. The van der Waals surface area contributed by atoms with Gasteiger partial charge in [0.2, 0.25) is 0 Å². The number of nitrogens with zero attached hydrogens (tertiary/aromatic N) is 5. The van der Waals surface area contributed by atoms with Gasteiger partial charge in [-0.15, -0.1) is 0 Å². The third kappa shape index (κ3) is 3.87. The van der Waals surface area contributed by atoms with E-state index in [0.717, 1.165) is 54.3 Å². The fourth-order valence-electron chi connectivity index (χ4n) is 3.99. The number of fused-ring (bicyclic) bond motifs is 1. The summed E-state index contributed by atoms with van der Waals surface area (Å²) in [4.78, 5) is 25.9. The van der Waals surface area contributed by atoms with Gasteiger partial charge in [-0.1, -0.05) is 36.4 Å². The van der Waals surface area contributed by atoms with E-state index in [2.05, 4.69) is 21.9 Å². The van der Waals surface area contributed by atoms with Crippen LogP contribution in [0.1, 0.15) is 15.9 Å². The summed E-state index contributed by atoms with van der Waals surface area (Å²) in [6.07, 6.45) is 5.47. The first-order valence-corrected chi connectivity index (χ1v) is 10.7. The number of halogens is 1. The van der Waals surface area contributed by atoms with Gasteiger partial charge in [0.25, 0.3) is 5.91 Å². The molecule has 0 N–H and O–H groups in total. The van der Waals surface area contributed by atoms with Gasteiger partial charge >= 0.3 is 0 Å². The summed E-state index contributed by atoms with van der Waals surface area (Å²) in [5.41, 5.74) is 5.66. The lowest BCUT2D eigenvalue weighted by molar-refractivity contribution is 0.0664. The van der Waals surface area contributed by atoms with Crippen molar-refractivity contribution in [2.75, 3.05) is 33.2 Å². The average Bonchev–Trinajstić information content (AvgIpc) is 3.27. The second-order valence-electron chi connectivity index (χ2n) is 8.15. The molecule has 162 valence electrons. The van der Waals surface area contributed by atoms with Crippen molar-refractivity contribution in [1.82, 2.24) is 24.2 Å². The van der Waals surface area contributed by atoms with Crippen LogP contribution in [0.15, 0.2) is 67.1 Å². The SMILES string of the molecule is CN1CCN(C(=O)c2ccc(-c3cn4c(-c5ccc(CF)cc5)cnc4cn3)cc2)CC1. The first-order chi connectivity index (χ1) is 15.6. The Morgan fingerprint density at radius 1 is 0.906 bits per heavy atom. The highest BCUT2D eigenvalue weighted by Gasteiger charge is 2.20. The van der Waals surface area contributed by atoms with Gasteiger partial charge in [0, 0.05) is 49.1 Å². The van der Waals surface area contributed by atoms with Crippen molar-refractivity contribution < 1.29 is 9.18 Å². The Kier molecular flexibility index (Phi) is 5.41. The maximum atomic E-state index is 12.8. The smallest absolute Gasteiger partial charge is 0.253 e. The lowest BCUT2D eigenvalue weighted by Gasteiger charge is -2.32. The first-order valence-electron chi connectivity index (χ1n) is 10.7. The molecule has 0 aliphatic carbocycles. The minimum atomic E-state index is -0.477. The van der Waals surface area contributed by atoms with Crippen LogP contribution in [0.2, 0.25) is 0 Å². The largest absolute Gasteiger partial charge is 0.336 e. The van der Waals surface area contributed by atoms with Gasteiger partial charge < -0.3 is 9.80 Å². The van der Waals surface area contributed by atoms with Crippen LogP contribution in [-0.2, 0) is 6.67 Å². The van der Waals surface area contributed by atoms with Crippen LogP contribution in [0.3, 0.4) is 0 Å². The normalized spacial score (nSPS) is 14.8. The number of carbonyl (C=O) groups excluding carboxylic acids is 1. The molecule has 1 amide bonds. The molecule has 2 aromatic carbocycles. The zero-order chi connectivity index (χ0) is 22.1. The number of hydrogen-bond donors (Lipinski definition) is 0. The molecular weight excluding hydrogens is 405 g/mol. The standard InChI is InChI=1S/C25H24FN5O/c1-29-10-12-30(13-11-29)25(32)21-8-6-19(7-9-21)22-17-31-23(15-28-24(31)16-27-22)20-4-2-18(14-26)3-5-20/h2-9,15-17H,10-14H2,1H3. The van der Waals surface area contributed by atoms with Gasteiger partial charge in [-0.25, -0.2) is 9.37 Å². The van der Waals surface area contributed by atoms with Gasteiger partial charge in [0.1, 0.15) is 6.67 Å². The molecule has 1 aliphatic rings. The molecule has 0 radical (unpaired) electrons. The zero-order valence-corrected chi connectivity index (χ0v) is 17.9. The Morgan fingerprint density at radius 3 is 2.28 bits per heavy atom. The van der Waals surface area contributed by atoms with Gasteiger partial charge in [0.05, 0.1) is 23.8 Å². The van der Waals surface area contributed by atoms with E-state index in [-0.39, 0.29) is 5.91 Å². The first kappa shape index (κ1) is 20.3. The van der Waals surface area contributed by atoms with Crippen LogP contribution in [-0.4, -0.2) is 63.3 Å². The second kappa shape index (κ2) is 8.51. The Bertz CT molecular complexity index is 1240. The third-order valence-corrected chi connectivity index (χ3v) is 6.02. The minimum absolute atomic E-state index is 0.0710. The Morgan fingerprint density at radius 2 is 1.59 bits per heavy atom. The van der Waals surface area contributed by atoms with Crippen molar-refractivity contribution in [3.05, 3.63) is 78.2 Å². The van der Waals surface area contributed by atoms with E-state index in [1.165, 1.54) is 0 Å². The van der Waals surface area contributed by atoms with E-state index in [9.17, 15) is 9.18 Å². The summed E-state index contributed by atoms with van der Waals surface area (Å²) >= 11 is 0. The lowest BCUT2D eigenvalue weighted by Crippen LogP contribution is -2.47. The summed E-state index contributed by atoms with van der Waals surface area (Å²) in [6, 6.07) is 15.0. The van der Waals surface area contributed by atoms with E-state index in [0.29, 0.717) is 11.1 Å². The summed E-state index contributed by atoms with van der Waals surface area (Å²) in [5.74, 6) is 0.0710. The van der Waals surface area contributed by atoms with Crippen LogP contribution in [0.5, 0.6) is 0 Å². The number of likely N-dealkylation sites (N-methyl/N-ethyl adjacent to an activating group) is 1. The molecular formula is C25H24FN5O. The number of hydrogen-bond acceptors (Lipinski definition) is 4. The highest BCUT2D eigenvalue weighted by atomic mass is 19.1. The molecule has 5 rings (SSSR count). The summed E-state index contributed by atoms with van der Waals surface area (Å²) in [7, 11) is 2.07. The number of carbonyl (C=O) groups is 1. The average molecular weight is 429 g/mol. The Hall–Kier alpha value is -3.58. The number of amides is 1. The van der Waals surface area contributed by atoms with E-state index in [4.69, 9.17) is 0 Å². The van der Waals surface area contributed by atoms with E-state index in [1.807, 2.05) is 51.9 Å². The minimum Gasteiger partial charge on any atom is -0.336 e. The predicted octanol–water partition coefficient (Wildman–Crippen LogP) is 3.92. The number of piperazine rings is 1. The molecule has 0 spiro atoms. The van der Waals surface area contributed by atoms with E-state index >= 15 is 0 Å². The van der Waals surface area contributed by atoms with Crippen molar-refractivity contribution in [2.24, 2.45) is 0 Å². The molecule has 0 saturated carbocycles. The number of imidazole rings is 1. The fraction of sp³-hybridized carbons (Fsp3) is 0.240. The van der Waals surface area contributed by atoms with Crippen molar-refractivity contribution in [1.29, 1.82) is 0 Å². The van der Waals surface area contributed by atoms with Gasteiger partial charge in [-0.05, 0) is 24.7 Å². The summed E-state index contributed by atoms with van der Waals surface area (Å²) < 4.78 is 14.8. The van der Waals surface area contributed by atoms with Crippen LogP contribution in [0.25, 0.3) is 28.2 Å². The molecule has 7 heteroatoms. The molecule has 4 aromatic rings. The molecule has 0 atom stereocenters. The second-order valence-corrected chi connectivity index (χ2v) is 8.15. The van der Waals surface area contributed by atoms with Crippen LogP contribution in [0.4, 0.5) is 4.39 Å². The number of aromatic nitrogens is 3. The Labute approximate surface area is 185 Å². The van der Waals surface area contributed by atoms with Crippen molar-refractivity contribution in [2.45, 2.75) is 6.67 Å². The van der Waals surface area contributed by atoms with E-state index < -0.39 is 6.67 Å². The maximum absolute atomic E-state index is 12.8. The number of benzene rings is 2. The van der Waals surface area contributed by atoms with Crippen LogP contribution in [0, 0.1) is 0 Å². The molecule has 1 aliphatic heterocycles. The molecule has 1 saturated heterocycles. The lowest BCUT2D eigenvalue weighted by atomic mass is 10.1. The van der Waals surface area contributed by atoms with Crippen molar-refractivity contribution in [3.8, 4) is 22.5 Å². The molecule has 0 unspecified atom stereocenters. The van der Waals surface area contributed by atoms with Gasteiger partial charge in [0.15, 0.2) is 5.65 Å². The molecule has 32 heavy (non-hydrogen) atoms. The molecule has 1 fully saturated rings. The molecule has 3 heterocycles. The fourth-order valence-corrected chi connectivity index (χ4v) is 3.99. The van der Waals surface area contributed by atoms with Gasteiger partial charge in [-0.3, -0.25) is 14.2 Å². The number of alkyl halides is 1. The number of rotatable bonds is 4. The van der Waals surface area contributed by atoms with Crippen molar-refractivity contribution in [3.63, 3.8) is 0 Å². The quantitative estimate of drug-likeness (QED) is 0.494. The van der Waals surface area contributed by atoms with Crippen LogP contribution < -0.4 is 0 Å². The third-order valence-electron chi connectivity index (χ3n) is 6.02. The maximum Gasteiger partial charge on any atom is 0.253 e. The highest BCUT2D eigenvalue weighted by Crippen LogP contribution is 2.25. The van der Waals surface area contributed by atoms with Crippen molar-refractivity contribution >= 4 is 11.6 Å². The monoisotopic (exact) mass is 429 g/mol. The zero-order valence-electron chi connectivity index (χ0n) is 17.9.